The zero-order chi connectivity index (χ0) is 13.1. The summed E-state index contributed by atoms with van der Waals surface area (Å²) in [5.74, 6) is 1.67. The molecule has 2 rings (SSSR count). The number of hydrogen-bond donors (Lipinski definition) is 0. The molecule has 1 aromatic rings. The average Bonchev–Trinajstić information content (AvgIpc) is 2.33. The van der Waals surface area contributed by atoms with Gasteiger partial charge < -0.3 is 0 Å². The molecule has 0 radical (unpaired) electrons. The predicted molar refractivity (Wildman–Crippen MR) is 77.1 cm³/mol. The molecule has 2 nitrogen and oxygen atoms in total. The first-order valence-corrected chi connectivity index (χ1v) is 7.35. The lowest BCUT2D eigenvalue weighted by Crippen LogP contribution is -2.34. The second-order valence-corrected chi connectivity index (χ2v) is 6.19. The number of aromatic nitrogens is 1. The summed E-state index contributed by atoms with van der Waals surface area (Å²) in [6, 6.07) is 3.79. The van der Waals surface area contributed by atoms with Crippen molar-refractivity contribution >= 4 is 23.2 Å². The number of rotatable bonds is 3. The highest BCUT2D eigenvalue weighted by molar-refractivity contribution is 6.32. The number of piperidine rings is 1. The molecule has 1 saturated heterocycles. The van der Waals surface area contributed by atoms with Crippen molar-refractivity contribution in [3.63, 3.8) is 0 Å². The van der Waals surface area contributed by atoms with Crippen LogP contribution in [0.1, 0.15) is 32.3 Å². The Balaban J connectivity index is 1.91. The number of pyridine rings is 1. The van der Waals surface area contributed by atoms with E-state index in [0.717, 1.165) is 37.0 Å². The number of nitrogens with zero attached hydrogens (tertiary/aromatic N) is 2. The van der Waals surface area contributed by atoms with Crippen molar-refractivity contribution in [2.45, 2.75) is 33.2 Å². The van der Waals surface area contributed by atoms with E-state index >= 15 is 0 Å². The van der Waals surface area contributed by atoms with E-state index in [-0.39, 0.29) is 0 Å². The molecule has 0 aliphatic carbocycles. The molecular formula is C14H20Cl2N2. The highest BCUT2D eigenvalue weighted by atomic mass is 35.5. The van der Waals surface area contributed by atoms with Crippen molar-refractivity contribution in [3.8, 4) is 0 Å². The Bertz CT molecular complexity index is 399. The molecule has 0 spiro atoms. The second-order valence-electron chi connectivity index (χ2n) is 5.44. The van der Waals surface area contributed by atoms with E-state index in [1.807, 2.05) is 12.1 Å². The van der Waals surface area contributed by atoms with Crippen LogP contribution in [0.3, 0.4) is 0 Å². The Kier molecular flexibility index (Phi) is 4.88. The number of halogens is 2. The van der Waals surface area contributed by atoms with Gasteiger partial charge in [-0.1, -0.05) is 43.1 Å². The smallest absolute Gasteiger partial charge is 0.135 e. The molecule has 1 aliphatic rings. The molecule has 18 heavy (non-hydrogen) atoms. The Morgan fingerprint density at radius 3 is 2.50 bits per heavy atom. The minimum Gasteiger partial charge on any atom is -0.299 e. The van der Waals surface area contributed by atoms with Crippen molar-refractivity contribution in [1.29, 1.82) is 0 Å². The van der Waals surface area contributed by atoms with Gasteiger partial charge in [-0.3, -0.25) is 4.90 Å². The summed E-state index contributed by atoms with van der Waals surface area (Å²) in [5, 5.41) is 0.996. The Labute approximate surface area is 119 Å². The van der Waals surface area contributed by atoms with E-state index in [9.17, 15) is 0 Å². The van der Waals surface area contributed by atoms with Crippen LogP contribution in [0.4, 0.5) is 0 Å². The average molecular weight is 287 g/mol. The minimum atomic E-state index is 0.460. The molecule has 0 saturated carbocycles. The molecule has 0 aromatic carbocycles. The van der Waals surface area contributed by atoms with Crippen LogP contribution >= 0.6 is 23.2 Å². The lowest BCUT2D eigenvalue weighted by Gasteiger charge is -2.33. The fourth-order valence-corrected chi connectivity index (χ4v) is 2.98. The van der Waals surface area contributed by atoms with Gasteiger partial charge in [0.25, 0.3) is 0 Å². The van der Waals surface area contributed by atoms with Crippen molar-refractivity contribution in [2.75, 3.05) is 13.1 Å². The third-order valence-corrected chi connectivity index (χ3v) is 4.40. The van der Waals surface area contributed by atoms with Crippen LogP contribution in [-0.2, 0) is 6.54 Å². The lowest BCUT2D eigenvalue weighted by molar-refractivity contribution is 0.152. The molecule has 0 unspecified atom stereocenters. The predicted octanol–water partition coefficient (Wildman–Crippen LogP) is 4.26. The Morgan fingerprint density at radius 1 is 1.28 bits per heavy atom. The van der Waals surface area contributed by atoms with Crippen LogP contribution < -0.4 is 0 Å². The fraction of sp³-hybridized carbons (Fsp3) is 0.643. The summed E-state index contributed by atoms with van der Waals surface area (Å²) in [4.78, 5) is 6.54. The summed E-state index contributed by atoms with van der Waals surface area (Å²) < 4.78 is 0. The molecule has 4 heteroatoms. The molecule has 100 valence electrons. The van der Waals surface area contributed by atoms with Gasteiger partial charge in [-0.15, -0.1) is 0 Å². The van der Waals surface area contributed by atoms with E-state index in [4.69, 9.17) is 23.2 Å². The first-order chi connectivity index (χ1) is 8.56. The van der Waals surface area contributed by atoms with Gasteiger partial charge in [0.15, 0.2) is 0 Å². The molecule has 2 heterocycles. The molecule has 0 atom stereocenters. The fourth-order valence-electron chi connectivity index (χ4n) is 2.58. The van der Waals surface area contributed by atoms with Crippen LogP contribution in [0.2, 0.25) is 10.3 Å². The summed E-state index contributed by atoms with van der Waals surface area (Å²) in [5.41, 5.74) is 1.07. The summed E-state index contributed by atoms with van der Waals surface area (Å²) in [6.45, 7) is 7.83. The minimum absolute atomic E-state index is 0.460. The third-order valence-electron chi connectivity index (χ3n) is 3.86. The zero-order valence-corrected chi connectivity index (χ0v) is 12.5. The van der Waals surface area contributed by atoms with Gasteiger partial charge in [0.05, 0.1) is 0 Å². The van der Waals surface area contributed by atoms with Crippen LogP contribution in [0.5, 0.6) is 0 Å². The van der Waals surface area contributed by atoms with Gasteiger partial charge in [0.1, 0.15) is 10.3 Å². The van der Waals surface area contributed by atoms with Gasteiger partial charge >= 0.3 is 0 Å². The molecule has 0 N–H and O–H groups in total. The van der Waals surface area contributed by atoms with Crippen LogP contribution in [0.15, 0.2) is 12.1 Å². The first kappa shape index (κ1) is 14.1. The topological polar surface area (TPSA) is 16.1 Å². The van der Waals surface area contributed by atoms with Crippen molar-refractivity contribution < 1.29 is 0 Å². The lowest BCUT2D eigenvalue weighted by atomic mass is 9.86. The number of likely N-dealkylation sites (tertiary alicyclic amines) is 1. The quantitative estimate of drug-likeness (QED) is 0.772. The summed E-state index contributed by atoms with van der Waals surface area (Å²) in [6.07, 6.45) is 2.58. The monoisotopic (exact) mass is 286 g/mol. The highest BCUT2D eigenvalue weighted by Crippen LogP contribution is 2.26. The maximum Gasteiger partial charge on any atom is 0.135 e. The van der Waals surface area contributed by atoms with Gasteiger partial charge in [-0.05, 0) is 43.8 Å². The van der Waals surface area contributed by atoms with Crippen LogP contribution in [0, 0.1) is 11.8 Å². The van der Waals surface area contributed by atoms with Gasteiger partial charge in [-0.2, -0.15) is 0 Å². The molecule has 1 aliphatic heterocycles. The first-order valence-electron chi connectivity index (χ1n) is 6.59. The van der Waals surface area contributed by atoms with Gasteiger partial charge in [0.2, 0.25) is 0 Å². The Hall–Kier alpha value is -0.310. The highest BCUT2D eigenvalue weighted by Gasteiger charge is 2.21. The maximum atomic E-state index is 6.11. The third kappa shape index (κ3) is 3.59. The largest absolute Gasteiger partial charge is 0.299 e. The molecular weight excluding hydrogens is 267 g/mol. The van der Waals surface area contributed by atoms with Crippen LogP contribution in [0.25, 0.3) is 0 Å². The molecule has 0 amide bonds. The summed E-state index contributed by atoms with van der Waals surface area (Å²) >= 11 is 11.9. The van der Waals surface area contributed by atoms with Crippen molar-refractivity contribution in [3.05, 3.63) is 28.0 Å². The van der Waals surface area contributed by atoms with E-state index in [0.29, 0.717) is 10.3 Å². The van der Waals surface area contributed by atoms with E-state index in [2.05, 4.69) is 23.7 Å². The second kappa shape index (κ2) is 6.23. The van der Waals surface area contributed by atoms with Crippen molar-refractivity contribution in [1.82, 2.24) is 9.88 Å². The zero-order valence-electron chi connectivity index (χ0n) is 11.0. The molecule has 1 aromatic heterocycles. The SMILES string of the molecule is CC(C)C1CCN(Cc2ccc(Cl)nc2Cl)CC1. The molecule has 0 bridgehead atoms. The van der Waals surface area contributed by atoms with E-state index in [1.165, 1.54) is 12.8 Å². The van der Waals surface area contributed by atoms with E-state index in [1.54, 1.807) is 0 Å². The summed E-state index contributed by atoms with van der Waals surface area (Å²) in [7, 11) is 0. The standard InChI is InChI=1S/C14H20Cl2N2/c1-10(2)11-5-7-18(8-6-11)9-12-3-4-13(15)17-14(12)16/h3-4,10-11H,5-9H2,1-2H3. The Morgan fingerprint density at radius 2 is 1.94 bits per heavy atom. The number of hydrogen-bond acceptors (Lipinski definition) is 2. The van der Waals surface area contributed by atoms with Crippen LogP contribution in [-0.4, -0.2) is 23.0 Å². The van der Waals surface area contributed by atoms with Crippen molar-refractivity contribution in [2.24, 2.45) is 11.8 Å². The van der Waals surface area contributed by atoms with Gasteiger partial charge in [0, 0.05) is 12.1 Å². The normalized spacial score (nSPS) is 18.5. The molecule has 1 fully saturated rings. The maximum absolute atomic E-state index is 6.11. The van der Waals surface area contributed by atoms with E-state index < -0.39 is 0 Å². The van der Waals surface area contributed by atoms with Gasteiger partial charge in [-0.25, -0.2) is 4.98 Å².